The van der Waals surface area contributed by atoms with Gasteiger partial charge in [0.25, 0.3) is 0 Å². The van der Waals surface area contributed by atoms with Gasteiger partial charge in [0.15, 0.2) is 5.76 Å². The van der Waals surface area contributed by atoms with Gasteiger partial charge in [0.2, 0.25) is 0 Å². The number of fused-ring (bicyclic) bond motifs is 1. The molecule has 2 N–H and O–H groups in total. The first-order valence-electron chi connectivity index (χ1n) is 12.7. The fourth-order valence-electron chi connectivity index (χ4n) is 5.58. The summed E-state index contributed by atoms with van der Waals surface area (Å²) in [5.74, 6) is -0.115. The number of benzene rings is 2. The Morgan fingerprint density at radius 2 is 2.00 bits per heavy atom. The minimum Gasteiger partial charge on any atom is -0.481 e. The minimum absolute atomic E-state index is 0.0614. The summed E-state index contributed by atoms with van der Waals surface area (Å²) in [5.41, 5.74) is 3.86. The van der Waals surface area contributed by atoms with Crippen LogP contribution in [0.1, 0.15) is 61.6 Å². The highest BCUT2D eigenvalue weighted by molar-refractivity contribution is 6.31. The number of aryl methyl sites for hydroxylation is 2. The molecule has 2 fully saturated rings. The number of carboxylic acid groups (broad SMARTS) is 1. The standard InChI is InChI=1S/C29H31ClN2O6/c1-16-11-19(28(4)12-20-13-29(20,36-15-28)14-24(33)34)9-10-21(16)26-25(17(2)32-38-26)31-27(35)37-18(3)22-7-5-6-8-23(22)30/h5-11,18,20H,12-15H2,1-4H3,(H,31,35)(H,33,34)/t18-,20?,28?,29?/m1/s1. The van der Waals surface area contributed by atoms with E-state index in [0.29, 0.717) is 34.3 Å². The van der Waals surface area contributed by atoms with E-state index in [2.05, 4.69) is 23.5 Å². The van der Waals surface area contributed by atoms with Crippen molar-refractivity contribution in [3.8, 4) is 11.3 Å². The molecular formula is C29H31ClN2O6. The summed E-state index contributed by atoms with van der Waals surface area (Å²) in [4.78, 5) is 24.0. The van der Waals surface area contributed by atoms with Crippen LogP contribution in [-0.2, 0) is 19.7 Å². The smallest absolute Gasteiger partial charge is 0.412 e. The quantitative estimate of drug-likeness (QED) is 0.339. The lowest BCUT2D eigenvalue weighted by molar-refractivity contribution is -0.143. The minimum atomic E-state index is -0.815. The molecule has 4 atom stereocenters. The molecule has 1 saturated heterocycles. The Labute approximate surface area is 226 Å². The molecule has 200 valence electrons. The van der Waals surface area contributed by atoms with Crippen molar-refractivity contribution in [1.29, 1.82) is 0 Å². The summed E-state index contributed by atoms with van der Waals surface area (Å²) < 4.78 is 17.3. The van der Waals surface area contributed by atoms with E-state index in [0.717, 1.165) is 29.5 Å². The summed E-state index contributed by atoms with van der Waals surface area (Å²) in [6, 6.07) is 13.3. The van der Waals surface area contributed by atoms with E-state index in [9.17, 15) is 14.7 Å². The molecule has 2 aromatic carbocycles. The number of halogens is 1. The number of carbonyl (C=O) groups excluding carboxylic acids is 1. The third kappa shape index (κ3) is 4.90. The number of carbonyl (C=O) groups is 2. The molecule has 1 aliphatic carbocycles. The van der Waals surface area contributed by atoms with Crippen LogP contribution in [0.5, 0.6) is 0 Å². The number of aromatic nitrogens is 1. The number of aliphatic carboxylic acids is 1. The summed E-state index contributed by atoms with van der Waals surface area (Å²) in [6.45, 7) is 8.12. The van der Waals surface area contributed by atoms with Gasteiger partial charge in [-0.05, 0) is 56.7 Å². The van der Waals surface area contributed by atoms with E-state index < -0.39 is 23.8 Å². The normalized spacial score (nSPS) is 24.8. The van der Waals surface area contributed by atoms with Gasteiger partial charge in [-0.25, -0.2) is 4.79 Å². The van der Waals surface area contributed by atoms with Gasteiger partial charge < -0.3 is 19.1 Å². The second-order valence-corrected chi connectivity index (χ2v) is 11.2. The molecule has 0 radical (unpaired) electrons. The van der Waals surface area contributed by atoms with E-state index in [1.807, 2.05) is 37.3 Å². The predicted molar refractivity (Wildman–Crippen MR) is 142 cm³/mol. The van der Waals surface area contributed by atoms with Crippen LogP contribution in [0.25, 0.3) is 11.3 Å². The van der Waals surface area contributed by atoms with E-state index >= 15 is 0 Å². The van der Waals surface area contributed by atoms with Crippen molar-refractivity contribution < 1.29 is 28.7 Å². The Balaban J connectivity index is 1.32. The Bertz CT molecular complexity index is 1400. The first kappa shape index (κ1) is 26.3. The summed E-state index contributed by atoms with van der Waals surface area (Å²) in [6.07, 6.45) is 0.547. The molecule has 3 unspecified atom stereocenters. The first-order valence-corrected chi connectivity index (χ1v) is 13.0. The predicted octanol–water partition coefficient (Wildman–Crippen LogP) is 6.83. The van der Waals surface area contributed by atoms with Gasteiger partial charge in [0, 0.05) is 21.6 Å². The van der Waals surface area contributed by atoms with Crippen LogP contribution in [-0.4, -0.2) is 34.5 Å². The van der Waals surface area contributed by atoms with Crippen molar-refractivity contribution in [3.63, 3.8) is 0 Å². The van der Waals surface area contributed by atoms with E-state index in [-0.39, 0.29) is 17.8 Å². The number of hydrogen-bond donors (Lipinski definition) is 2. The molecule has 5 rings (SSSR count). The van der Waals surface area contributed by atoms with Crippen molar-refractivity contribution in [3.05, 3.63) is 69.9 Å². The molecule has 1 aliphatic heterocycles. The van der Waals surface area contributed by atoms with Crippen LogP contribution in [0, 0.1) is 19.8 Å². The van der Waals surface area contributed by atoms with Crippen molar-refractivity contribution in [2.24, 2.45) is 5.92 Å². The lowest BCUT2D eigenvalue weighted by Crippen LogP contribution is -2.39. The Morgan fingerprint density at radius 1 is 1.24 bits per heavy atom. The largest absolute Gasteiger partial charge is 0.481 e. The second kappa shape index (κ2) is 9.75. The maximum atomic E-state index is 12.8. The zero-order valence-corrected chi connectivity index (χ0v) is 22.6. The summed E-state index contributed by atoms with van der Waals surface area (Å²) >= 11 is 6.24. The highest BCUT2D eigenvalue weighted by Crippen LogP contribution is 2.59. The van der Waals surface area contributed by atoms with Gasteiger partial charge >= 0.3 is 12.1 Å². The van der Waals surface area contributed by atoms with Gasteiger partial charge in [-0.1, -0.05) is 60.1 Å². The third-order valence-electron chi connectivity index (χ3n) is 7.89. The molecule has 38 heavy (non-hydrogen) atoms. The van der Waals surface area contributed by atoms with Gasteiger partial charge in [-0.15, -0.1) is 0 Å². The number of nitrogens with one attached hydrogen (secondary N) is 1. The molecule has 1 aromatic heterocycles. The van der Waals surface area contributed by atoms with Gasteiger partial charge in [0.05, 0.1) is 18.6 Å². The second-order valence-electron chi connectivity index (χ2n) is 10.8. The Kier molecular flexibility index (Phi) is 6.73. The number of nitrogens with zero attached hydrogens (tertiary/aromatic N) is 1. The van der Waals surface area contributed by atoms with Crippen LogP contribution in [0.2, 0.25) is 5.02 Å². The lowest BCUT2D eigenvalue weighted by atomic mass is 9.75. The van der Waals surface area contributed by atoms with Crippen LogP contribution in [0.3, 0.4) is 0 Å². The number of carboxylic acids is 1. The number of rotatable bonds is 7. The third-order valence-corrected chi connectivity index (χ3v) is 8.23. The number of hydrogen-bond acceptors (Lipinski definition) is 6. The van der Waals surface area contributed by atoms with E-state index in [1.165, 1.54) is 0 Å². The SMILES string of the molecule is Cc1cc(C2(C)COC3(CC(=O)O)CC3C2)ccc1-c1onc(C)c1NC(=O)O[C@H](C)c1ccccc1Cl. The Morgan fingerprint density at radius 3 is 2.68 bits per heavy atom. The van der Waals surface area contributed by atoms with Gasteiger partial charge in [0.1, 0.15) is 17.5 Å². The van der Waals surface area contributed by atoms with Crippen molar-refractivity contribution in [1.82, 2.24) is 5.16 Å². The van der Waals surface area contributed by atoms with E-state index in [4.69, 9.17) is 25.6 Å². The van der Waals surface area contributed by atoms with Crippen LogP contribution < -0.4 is 5.32 Å². The molecule has 9 heteroatoms. The first-order chi connectivity index (χ1) is 18.0. The van der Waals surface area contributed by atoms with Gasteiger partial charge in [-0.2, -0.15) is 0 Å². The fourth-order valence-corrected chi connectivity index (χ4v) is 5.87. The average Bonchev–Trinajstić information content (AvgIpc) is 3.43. The molecule has 2 aliphatic rings. The maximum absolute atomic E-state index is 12.8. The molecule has 8 nitrogen and oxygen atoms in total. The molecule has 0 bridgehead atoms. The monoisotopic (exact) mass is 538 g/mol. The zero-order chi connectivity index (χ0) is 27.2. The highest BCUT2D eigenvalue weighted by Gasteiger charge is 2.62. The zero-order valence-electron chi connectivity index (χ0n) is 21.8. The topological polar surface area (TPSA) is 111 Å². The number of anilines is 1. The highest BCUT2D eigenvalue weighted by atomic mass is 35.5. The summed E-state index contributed by atoms with van der Waals surface area (Å²) in [7, 11) is 0. The average molecular weight is 539 g/mol. The van der Waals surface area contributed by atoms with Crippen molar-refractivity contribution >= 4 is 29.4 Å². The van der Waals surface area contributed by atoms with E-state index in [1.54, 1.807) is 19.9 Å². The number of amides is 1. The number of ether oxygens (including phenoxy) is 2. The molecule has 1 saturated carbocycles. The molecular weight excluding hydrogens is 508 g/mol. The van der Waals surface area contributed by atoms with Crippen LogP contribution >= 0.6 is 11.6 Å². The van der Waals surface area contributed by atoms with Crippen molar-refractivity contribution in [2.75, 3.05) is 11.9 Å². The van der Waals surface area contributed by atoms with Crippen LogP contribution in [0.15, 0.2) is 47.0 Å². The lowest BCUT2D eigenvalue weighted by Gasteiger charge is -2.37. The molecule has 3 aromatic rings. The molecule has 0 spiro atoms. The fraction of sp³-hybridized carbons (Fsp3) is 0.414. The molecule has 2 heterocycles. The maximum Gasteiger partial charge on any atom is 0.412 e. The van der Waals surface area contributed by atoms with Gasteiger partial charge in [-0.3, -0.25) is 10.1 Å². The summed E-state index contributed by atoms with van der Waals surface area (Å²) in [5, 5.41) is 16.6. The molecule has 1 amide bonds. The van der Waals surface area contributed by atoms with Crippen LogP contribution in [0.4, 0.5) is 10.5 Å². The van der Waals surface area contributed by atoms with Crippen molar-refractivity contribution in [2.45, 2.75) is 64.1 Å². The Hall–Kier alpha value is -3.36.